The molecule has 3 aromatic rings. The van der Waals surface area contributed by atoms with Crippen LogP contribution in [0.1, 0.15) is 88.0 Å². The van der Waals surface area contributed by atoms with Crippen molar-refractivity contribution in [2.24, 2.45) is 0 Å². The number of carbonyl (C=O) groups excluding carboxylic acids is 4. The molecule has 2 aromatic carbocycles. The number of nitrogens with one attached hydrogen (secondary N) is 3. The molecular weight excluding hydrogens is 838 g/mol. The number of pyridine rings is 1. The average molecular weight is 887 g/mol. The van der Waals surface area contributed by atoms with Crippen LogP contribution >= 0.6 is 12.6 Å². The first-order valence-electron chi connectivity index (χ1n) is 20.9. The van der Waals surface area contributed by atoms with Crippen molar-refractivity contribution in [1.29, 1.82) is 10.5 Å². The van der Waals surface area contributed by atoms with Crippen molar-refractivity contribution >= 4 is 59.0 Å². The highest BCUT2D eigenvalue weighted by Crippen LogP contribution is 2.51. The summed E-state index contributed by atoms with van der Waals surface area (Å²) in [7, 11) is 0. The number of nitriles is 2. The lowest BCUT2D eigenvalue weighted by atomic mass is 9.75. The number of piperidine rings is 1. The Kier molecular flexibility index (Phi) is 12.9. The average Bonchev–Trinajstić information content (AvgIpc) is 3.46. The van der Waals surface area contributed by atoms with Gasteiger partial charge in [-0.15, -0.1) is 12.6 Å². The predicted octanol–water partition coefficient (Wildman–Crippen LogP) is 5.59. The number of carbonyl (C=O) groups is 4. The number of imide groups is 1. The number of nitrogens with zero attached hydrogens (tertiary/aromatic N) is 7. The van der Waals surface area contributed by atoms with Crippen LogP contribution in [-0.4, -0.2) is 100 Å². The normalized spacial score (nSPS) is 22.7. The second kappa shape index (κ2) is 18.1. The van der Waals surface area contributed by atoms with Crippen LogP contribution in [0.5, 0.6) is 5.88 Å². The summed E-state index contributed by atoms with van der Waals surface area (Å²) in [5.41, 5.74) is -1.02. The van der Waals surface area contributed by atoms with Crippen molar-refractivity contribution < 1.29 is 37.1 Å². The van der Waals surface area contributed by atoms with Gasteiger partial charge in [-0.2, -0.15) is 23.7 Å². The summed E-state index contributed by atoms with van der Waals surface area (Å²) >= 11 is 4.81. The highest BCUT2D eigenvalue weighted by molar-refractivity contribution is 7.81. The van der Waals surface area contributed by atoms with Gasteiger partial charge in [0.05, 0.1) is 47.3 Å². The minimum Gasteiger partial charge on any atom is -0.476 e. The van der Waals surface area contributed by atoms with Crippen LogP contribution in [0.2, 0.25) is 0 Å². The van der Waals surface area contributed by atoms with E-state index in [0.717, 1.165) is 24.1 Å². The second-order valence-electron chi connectivity index (χ2n) is 16.9. The zero-order chi connectivity index (χ0) is 45.4. The third-order valence-electron chi connectivity index (χ3n) is 12.3. The summed E-state index contributed by atoms with van der Waals surface area (Å²) in [4.78, 5) is 63.4. The fourth-order valence-corrected chi connectivity index (χ4v) is 9.42. The van der Waals surface area contributed by atoms with Crippen molar-refractivity contribution in [3.63, 3.8) is 0 Å². The number of piperazine rings is 1. The van der Waals surface area contributed by atoms with Crippen LogP contribution in [0.4, 0.5) is 35.9 Å². The fraction of sp³-hybridized carbons (Fsp3) is 0.477. The zero-order valence-corrected chi connectivity index (χ0v) is 36.2. The number of hydrogen-bond donors (Lipinski definition) is 4. The van der Waals surface area contributed by atoms with Gasteiger partial charge in [-0.1, -0.05) is 13.8 Å². The number of hydrogen-bond acceptors (Lipinski definition) is 13. The molecule has 63 heavy (non-hydrogen) atoms. The molecular formula is C44H49F3N10O5S. The van der Waals surface area contributed by atoms with Gasteiger partial charge in [0.25, 0.3) is 5.91 Å². The highest BCUT2D eigenvalue weighted by Gasteiger charge is 2.60. The molecule has 4 atom stereocenters. The quantitative estimate of drug-likeness (QED) is 0.131. The SMILES string of the molecule is CC(C)c1cc(N2[C@@H](S)N(c3ccc(C#N)c(C(F)(F)F)c3)C(=O)C23CCC3)cnc1OCCN1C[C@@H](C)N(CC(=O)Nc2cc(C#N)cc(NC3CCC(=O)NC3=O)c2)C[C@H]1C. The van der Waals surface area contributed by atoms with Gasteiger partial charge in [0.15, 0.2) is 5.50 Å². The molecule has 1 unspecified atom stereocenters. The first-order valence-corrected chi connectivity index (χ1v) is 21.4. The van der Waals surface area contributed by atoms with Gasteiger partial charge in [0.2, 0.25) is 23.6 Å². The summed E-state index contributed by atoms with van der Waals surface area (Å²) in [5, 5.41) is 27.2. The maximum Gasteiger partial charge on any atom is 0.417 e. The van der Waals surface area contributed by atoms with E-state index in [2.05, 4.69) is 38.7 Å². The molecule has 1 spiro atoms. The lowest BCUT2D eigenvalue weighted by molar-refractivity contribution is -0.138. The van der Waals surface area contributed by atoms with E-state index >= 15 is 0 Å². The van der Waals surface area contributed by atoms with Crippen molar-refractivity contribution in [2.45, 2.75) is 101 Å². The molecule has 3 aliphatic heterocycles. The molecule has 1 saturated carbocycles. The van der Waals surface area contributed by atoms with E-state index in [1.54, 1.807) is 30.5 Å². The smallest absolute Gasteiger partial charge is 0.417 e. The lowest BCUT2D eigenvalue weighted by Crippen LogP contribution is -2.58. The van der Waals surface area contributed by atoms with E-state index in [1.165, 1.54) is 11.0 Å². The molecule has 4 amide bonds. The fourth-order valence-electron chi connectivity index (χ4n) is 8.83. The lowest BCUT2D eigenvalue weighted by Gasteiger charge is -2.44. The molecule has 15 nitrogen and oxygen atoms in total. The number of benzene rings is 2. The number of halogens is 3. The van der Waals surface area contributed by atoms with Crippen LogP contribution in [0.25, 0.3) is 0 Å². The van der Waals surface area contributed by atoms with Gasteiger partial charge in [-0.05, 0) is 87.9 Å². The Balaban J connectivity index is 0.967. The Bertz CT molecular complexity index is 2380. The van der Waals surface area contributed by atoms with E-state index < -0.39 is 40.3 Å². The molecule has 332 valence electrons. The third-order valence-corrected chi connectivity index (χ3v) is 12.8. The number of thiol groups is 1. The van der Waals surface area contributed by atoms with Crippen molar-refractivity contribution in [1.82, 2.24) is 20.1 Å². The van der Waals surface area contributed by atoms with E-state index in [-0.39, 0.29) is 54.4 Å². The largest absolute Gasteiger partial charge is 0.476 e. The maximum atomic E-state index is 14.1. The minimum absolute atomic E-state index is 0.00344. The first kappa shape index (κ1) is 45.1. The van der Waals surface area contributed by atoms with Gasteiger partial charge < -0.3 is 20.3 Å². The van der Waals surface area contributed by atoms with E-state index in [4.69, 9.17) is 22.3 Å². The molecule has 0 radical (unpaired) electrons. The van der Waals surface area contributed by atoms with E-state index in [1.807, 2.05) is 31.7 Å². The summed E-state index contributed by atoms with van der Waals surface area (Å²) in [5.74, 6) is -0.993. The van der Waals surface area contributed by atoms with Crippen LogP contribution in [-0.2, 0) is 25.4 Å². The Labute approximate surface area is 368 Å². The number of ether oxygens (including phenoxy) is 1. The standard InChI is InChI=1S/C44H49F3N10O5S/c1-25(2)34-17-33(57-42(63)56(41(61)43(57)10-5-11-43)32-7-6-29(20-49)35(18-32)44(45,46)47)21-50-40(34)62-13-12-54-22-27(4)55(23-26(54)3)24-38(59)52-31-15-28(19-48)14-30(16-31)51-36-8-9-37(58)53-39(36)60/h6-7,14-18,21,25-27,36,42,51,63H,5,8-13,22-24H2,1-4H3,(H,52,59)(H,53,58,60)/t26-,27-,36?,42+/m1/s1. The predicted molar refractivity (Wildman–Crippen MR) is 231 cm³/mol. The highest BCUT2D eigenvalue weighted by atomic mass is 32.1. The number of alkyl halides is 3. The summed E-state index contributed by atoms with van der Waals surface area (Å²) in [6.45, 7) is 10.4. The van der Waals surface area contributed by atoms with Crippen molar-refractivity contribution in [2.75, 3.05) is 53.2 Å². The molecule has 1 aliphatic carbocycles. The van der Waals surface area contributed by atoms with Gasteiger partial charge in [-0.25, -0.2) is 4.98 Å². The molecule has 3 N–H and O–H groups in total. The van der Waals surface area contributed by atoms with E-state index in [0.29, 0.717) is 74.0 Å². The Morgan fingerprint density at radius 3 is 2.38 bits per heavy atom. The van der Waals surface area contributed by atoms with Gasteiger partial charge >= 0.3 is 6.18 Å². The van der Waals surface area contributed by atoms with Crippen LogP contribution < -0.4 is 30.5 Å². The van der Waals surface area contributed by atoms with Crippen LogP contribution in [0.15, 0.2) is 48.7 Å². The van der Waals surface area contributed by atoms with Crippen molar-refractivity contribution in [3.05, 3.63) is 70.9 Å². The molecule has 1 aromatic heterocycles. The van der Waals surface area contributed by atoms with E-state index in [9.17, 15) is 42.9 Å². The molecule has 0 bridgehead atoms. The van der Waals surface area contributed by atoms with Crippen molar-refractivity contribution in [3.8, 4) is 18.0 Å². The molecule has 3 saturated heterocycles. The maximum absolute atomic E-state index is 14.1. The minimum atomic E-state index is -4.79. The summed E-state index contributed by atoms with van der Waals surface area (Å²) in [6, 6.07) is 13.1. The van der Waals surface area contributed by atoms with Crippen LogP contribution in [0.3, 0.4) is 0 Å². The second-order valence-corrected chi connectivity index (χ2v) is 17.4. The Morgan fingerprint density at radius 1 is 1.02 bits per heavy atom. The molecule has 19 heteroatoms. The number of aromatic nitrogens is 1. The Morgan fingerprint density at radius 2 is 1.73 bits per heavy atom. The molecule has 4 aliphatic rings. The van der Waals surface area contributed by atoms with Gasteiger partial charge in [0.1, 0.15) is 18.2 Å². The van der Waals surface area contributed by atoms with Gasteiger partial charge in [-0.3, -0.25) is 39.2 Å². The summed E-state index contributed by atoms with van der Waals surface area (Å²) in [6.07, 6.45) is -0.920. The molecule has 4 fully saturated rings. The molecule has 4 heterocycles. The van der Waals surface area contributed by atoms with Crippen LogP contribution in [0, 0.1) is 22.7 Å². The molecule has 7 rings (SSSR count). The number of anilines is 4. The first-order chi connectivity index (χ1) is 29.9. The monoisotopic (exact) mass is 886 g/mol. The zero-order valence-electron chi connectivity index (χ0n) is 35.3. The van der Waals surface area contributed by atoms with Gasteiger partial charge in [0, 0.05) is 60.8 Å². The number of rotatable bonds is 12. The third kappa shape index (κ3) is 9.27. The summed E-state index contributed by atoms with van der Waals surface area (Å²) < 4.78 is 48.1. The topological polar surface area (TPSA) is 187 Å². The number of amides is 4. The Hall–Kier alpha value is -5.89.